The Labute approximate surface area is 113 Å². The van der Waals surface area contributed by atoms with Gasteiger partial charge in [-0.25, -0.2) is 4.98 Å². The lowest BCUT2D eigenvalue weighted by molar-refractivity contribution is 0.574. The topological polar surface area (TPSA) is 50.9 Å². The highest BCUT2D eigenvalue weighted by molar-refractivity contribution is 8.00. The molecule has 0 amide bonds. The largest absolute Gasteiger partial charge is 0.396 e. The van der Waals surface area contributed by atoms with E-state index in [9.17, 15) is 0 Å². The fourth-order valence-corrected chi connectivity index (χ4v) is 2.63. The summed E-state index contributed by atoms with van der Waals surface area (Å²) in [6, 6.07) is 3.47. The van der Waals surface area contributed by atoms with Gasteiger partial charge < -0.3 is 11.1 Å². The predicted octanol–water partition coefficient (Wildman–Crippen LogP) is 3.65. The Morgan fingerprint density at radius 2 is 2.06 bits per heavy atom. The first-order valence-corrected chi connectivity index (χ1v) is 7.38. The molecule has 0 radical (unpaired) electrons. The molecule has 96 valence electrons. The van der Waals surface area contributed by atoms with E-state index in [0.29, 0.717) is 16.7 Å². The van der Waals surface area contributed by atoms with E-state index in [2.05, 4.69) is 30.4 Å². The van der Waals surface area contributed by atoms with Gasteiger partial charge in [-0.05, 0) is 31.2 Å². The number of nitrogen functional groups attached to an aromatic ring is 1. The zero-order valence-electron chi connectivity index (χ0n) is 10.6. The average molecular weight is 274 g/mol. The van der Waals surface area contributed by atoms with Crippen LogP contribution in [0, 0.1) is 0 Å². The third kappa shape index (κ3) is 3.68. The van der Waals surface area contributed by atoms with Gasteiger partial charge in [0.2, 0.25) is 0 Å². The van der Waals surface area contributed by atoms with E-state index >= 15 is 0 Å². The Bertz CT molecular complexity index is 359. The van der Waals surface area contributed by atoms with Crippen molar-refractivity contribution in [1.29, 1.82) is 0 Å². The van der Waals surface area contributed by atoms with Crippen LogP contribution in [0.3, 0.4) is 0 Å². The van der Waals surface area contributed by atoms with Gasteiger partial charge in [0.05, 0.1) is 5.69 Å². The van der Waals surface area contributed by atoms with Crippen LogP contribution in [-0.4, -0.2) is 22.5 Å². The standard InChI is InChI=1S/C12H20ClN3S/c1-4-12(5-2,17-3)8-15-11-9(14)6-7-10(13)16-11/h6-7H,4-5,8,14H2,1-3H3,(H,15,16). The molecule has 0 spiro atoms. The molecular weight excluding hydrogens is 254 g/mol. The minimum absolute atomic E-state index is 0.233. The zero-order valence-corrected chi connectivity index (χ0v) is 12.2. The van der Waals surface area contributed by atoms with Gasteiger partial charge in [0.1, 0.15) is 5.15 Å². The number of rotatable bonds is 6. The molecule has 0 aliphatic rings. The number of halogens is 1. The Morgan fingerprint density at radius 3 is 2.59 bits per heavy atom. The highest BCUT2D eigenvalue weighted by atomic mass is 35.5. The molecule has 0 bridgehead atoms. The minimum atomic E-state index is 0.233. The van der Waals surface area contributed by atoms with E-state index in [1.54, 1.807) is 12.1 Å². The van der Waals surface area contributed by atoms with Gasteiger partial charge in [-0.2, -0.15) is 11.8 Å². The van der Waals surface area contributed by atoms with Crippen LogP contribution in [-0.2, 0) is 0 Å². The van der Waals surface area contributed by atoms with Gasteiger partial charge in [0.25, 0.3) is 0 Å². The maximum absolute atomic E-state index is 5.86. The van der Waals surface area contributed by atoms with E-state index in [-0.39, 0.29) is 4.75 Å². The lowest BCUT2D eigenvalue weighted by Gasteiger charge is -2.30. The van der Waals surface area contributed by atoms with Crippen molar-refractivity contribution >= 4 is 34.9 Å². The summed E-state index contributed by atoms with van der Waals surface area (Å²) >= 11 is 7.74. The molecule has 0 fully saturated rings. The molecule has 0 saturated carbocycles. The molecule has 3 nitrogen and oxygen atoms in total. The number of anilines is 2. The summed E-state index contributed by atoms with van der Waals surface area (Å²) in [4.78, 5) is 4.20. The highest BCUT2D eigenvalue weighted by Gasteiger charge is 2.24. The fraction of sp³-hybridized carbons (Fsp3) is 0.583. The lowest BCUT2D eigenvalue weighted by atomic mass is 10.0. The Hall–Kier alpha value is -0.610. The third-order valence-corrected chi connectivity index (χ3v) is 4.99. The van der Waals surface area contributed by atoms with Gasteiger partial charge in [-0.3, -0.25) is 0 Å². The monoisotopic (exact) mass is 273 g/mol. The molecule has 5 heteroatoms. The van der Waals surface area contributed by atoms with Crippen molar-refractivity contribution in [2.24, 2.45) is 0 Å². The number of hydrogen-bond acceptors (Lipinski definition) is 4. The maximum atomic E-state index is 5.86. The first kappa shape index (κ1) is 14.5. The Balaban J connectivity index is 2.75. The summed E-state index contributed by atoms with van der Waals surface area (Å²) in [6.07, 6.45) is 4.36. The minimum Gasteiger partial charge on any atom is -0.396 e. The van der Waals surface area contributed by atoms with Gasteiger partial charge in [-0.15, -0.1) is 0 Å². The second-order valence-corrected chi connectivity index (χ2v) is 5.68. The summed E-state index contributed by atoms with van der Waals surface area (Å²) in [5.74, 6) is 0.679. The molecule has 0 atom stereocenters. The number of nitrogens with one attached hydrogen (secondary N) is 1. The highest BCUT2D eigenvalue weighted by Crippen LogP contribution is 2.31. The van der Waals surface area contributed by atoms with Crippen LogP contribution in [0.15, 0.2) is 12.1 Å². The van der Waals surface area contributed by atoms with Crippen molar-refractivity contribution in [3.63, 3.8) is 0 Å². The SMILES string of the molecule is CCC(CC)(CNc1nc(Cl)ccc1N)SC. The van der Waals surface area contributed by atoms with Crippen molar-refractivity contribution in [1.82, 2.24) is 4.98 Å². The summed E-state index contributed by atoms with van der Waals surface area (Å²) in [5, 5.41) is 3.77. The molecular formula is C12H20ClN3S. The van der Waals surface area contributed by atoms with Crippen LogP contribution >= 0.6 is 23.4 Å². The number of thioether (sulfide) groups is 1. The molecule has 1 rings (SSSR count). The molecule has 0 unspecified atom stereocenters. The summed E-state index contributed by atoms with van der Waals surface area (Å²) < 4.78 is 0.233. The summed E-state index contributed by atoms with van der Waals surface area (Å²) in [6.45, 7) is 5.26. The third-order valence-electron chi connectivity index (χ3n) is 3.19. The molecule has 17 heavy (non-hydrogen) atoms. The summed E-state index contributed by atoms with van der Waals surface area (Å²) in [5.41, 5.74) is 6.49. The van der Waals surface area contributed by atoms with Crippen molar-refractivity contribution in [3.05, 3.63) is 17.3 Å². The van der Waals surface area contributed by atoms with Gasteiger partial charge >= 0.3 is 0 Å². The maximum Gasteiger partial charge on any atom is 0.151 e. The van der Waals surface area contributed by atoms with Crippen molar-refractivity contribution in [2.75, 3.05) is 23.9 Å². The molecule has 0 aliphatic heterocycles. The second kappa shape index (κ2) is 6.36. The quantitative estimate of drug-likeness (QED) is 0.777. The van der Waals surface area contributed by atoms with Crippen molar-refractivity contribution in [3.8, 4) is 0 Å². The van der Waals surface area contributed by atoms with Crippen LogP contribution in [0.2, 0.25) is 5.15 Å². The normalized spacial score (nSPS) is 11.5. The molecule has 3 N–H and O–H groups in total. The van der Waals surface area contributed by atoms with E-state index in [0.717, 1.165) is 19.4 Å². The molecule has 0 saturated heterocycles. The molecule has 0 aliphatic carbocycles. The van der Waals surface area contributed by atoms with E-state index in [1.165, 1.54) is 0 Å². The lowest BCUT2D eigenvalue weighted by Crippen LogP contribution is -2.32. The number of aromatic nitrogens is 1. The molecule has 1 aromatic rings. The molecule has 1 heterocycles. The van der Waals surface area contributed by atoms with E-state index in [4.69, 9.17) is 17.3 Å². The van der Waals surface area contributed by atoms with Gasteiger partial charge in [0, 0.05) is 11.3 Å². The molecule has 0 aromatic carbocycles. The number of hydrogen-bond donors (Lipinski definition) is 2. The fourth-order valence-electron chi connectivity index (χ4n) is 1.69. The number of nitrogens with zero attached hydrogens (tertiary/aromatic N) is 1. The smallest absolute Gasteiger partial charge is 0.151 e. The van der Waals surface area contributed by atoms with Crippen LogP contribution < -0.4 is 11.1 Å². The number of pyridine rings is 1. The van der Waals surface area contributed by atoms with Crippen molar-refractivity contribution < 1.29 is 0 Å². The van der Waals surface area contributed by atoms with Crippen LogP contribution in [0.25, 0.3) is 0 Å². The summed E-state index contributed by atoms with van der Waals surface area (Å²) in [7, 11) is 0. The first-order valence-electron chi connectivity index (χ1n) is 5.78. The van der Waals surface area contributed by atoms with Crippen molar-refractivity contribution in [2.45, 2.75) is 31.4 Å². The van der Waals surface area contributed by atoms with E-state index < -0.39 is 0 Å². The average Bonchev–Trinajstić information content (AvgIpc) is 2.35. The Morgan fingerprint density at radius 1 is 1.41 bits per heavy atom. The van der Waals surface area contributed by atoms with Crippen LogP contribution in [0.5, 0.6) is 0 Å². The van der Waals surface area contributed by atoms with Crippen LogP contribution in [0.4, 0.5) is 11.5 Å². The van der Waals surface area contributed by atoms with Crippen LogP contribution in [0.1, 0.15) is 26.7 Å². The zero-order chi connectivity index (χ0) is 12.9. The van der Waals surface area contributed by atoms with Gasteiger partial charge in [-0.1, -0.05) is 25.4 Å². The predicted molar refractivity (Wildman–Crippen MR) is 79.0 cm³/mol. The van der Waals surface area contributed by atoms with Gasteiger partial charge in [0.15, 0.2) is 5.82 Å². The first-order chi connectivity index (χ1) is 8.06. The number of nitrogens with two attached hydrogens (primary N) is 1. The van der Waals surface area contributed by atoms with E-state index in [1.807, 2.05) is 11.8 Å². The second-order valence-electron chi connectivity index (χ2n) is 4.02. The Kier molecular flexibility index (Phi) is 5.40. The molecule has 1 aromatic heterocycles.